The molecule has 0 radical (unpaired) electrons. The van der Waals surface area contributed by atoms with Crippen molar-refractivity contribution in [3.05, 3.63) is 77.9 Å². The zero-order chi connectivity index (χ0) is 17.9. The highest BCUT2D eigenvalue weighted by molar-refractivity contribution is 5.77. The monoisotopic (exact) mass is 344 g/mol. The number of anilines is 3. The van der Waals surface area contributed by atoms with Gasteiger partial charge in [0.1, 0.15) is 11.5 Å². The van der Waals surface area contributed by atoms with Gasteiger partial charge in [-0.1, -0.05) is 24.3 Å². The molecule has 6 heteroatoms. The molecule has 1 aromatic carbocycles. The minimum atomic E-state index is 0.625. The molecule has 6 nitrogen and oxygen atoms in total. The lowest BCUT2D eigenvalue weighted by Gasteiger charge is -2.10. The summed E-state index contributed by atoms with van der Waals surface area (Å²) in [5.41, 5.74) is 5.53. The summed E-state index contributed by atoms with van der Waals surface area (Å²) in [5, 5.41) is 11.5. The van der Waals surface area contributed by atoms with Crippen molar-refractivity contribution in [3.8, 4) is 0 Å². The lowest BCUT2D eigenvalue weighted by Crippen LogP contribution is -2.07. The highest BCUT2D eigenvalue weighted by Crippen LogP contribution is 2.27. The van der Waals surface area contributed by atoms with Crippen LogP contribution in [0.2, 0.25) is 0 Å². The molecule has 0 unspecified atom stereocenters. The van der Waals surface area contributed by atoms with Gasteiger partial charge in [0.2, 0.25) is 0 Å². The lowest BCUT2D eigenvalue weighted by molar-refractivity contribution is 0.894. The van der Waals surface area contributed by atoms with E-state index in [1.807, 2.05) is 73.0 Å². The van der Waals surface area contributed by atoms with Crippen LogP contribution < -0.4 is 10.6 Å². The van der Waals surface area contributed by atoms with Crippen LogP contribution in [-0.2, 0) is 6.54 Å². The van der Waals surface area contributed by atoms with E-state index in [-0.39, 0.29) is 0 Å². The Labute approximate surface area is 151 Å². The van der Waals surface area contributed by atoms with Crippen LogP contribution in [0.15, 0.2) is 60.8 Å². The Kier molecular flexibility index (Phi) is 4.23. The molecule has 0 atom stereocenters. The SMILES string of the molecule is Cc1cc(NCc2ccccn2)n2nc(C)c(Nc3ccccc3)c2n1. The molecule has 2 N–H and O–H groups in total. The van der Waals surface area contributed by atoms with E-state index in [0.717, 1.165) is 39.9 Å². The predicted octanol–water partition coefficient (Wildman–Crippen LogP) is 4.10. The molecular formula is C20H20N6. The molecule has 0 aliphatic carbocycles. The second-order valence-electron chi connectivity index (χ2n) is 6.14. The Hall–Kier alpha value is -3.41. The molecule has 0 saturated heterocycles. The first-order valence-corrected chi connectivity index (χ1v) is 8.53. The minimum Gasteiger partial charge on any atom is -0.364 e. The fourth-order valence-electron chi connectivity index (χ4n) is 2.87. The molecule has 0 fully saturated rings. The summed E-state index contributed by atoms with van der Waals surface area (Å²) in [6, 6.07) is 17.9. The largest absolute Gasteiger partial charge is 0.364 e. The Morgan fingerprint density at radius 3 is 2.58 bits per heavy atom. The Bertz CT molecular complexity index is 1020. The maximum absolute atomic E-state index is 4.69. The van der Waals surface area contributed by atoms with Crippen LogP contribution in [-0.4, -0.2) is 19.6 Å². The molecule has 3 heterocycles. The zero-order valence-electron chi connectivity index (χ0n) is 14.8. The fourth-order valence-corrected chi connectivity index (χ4v) is 2.87. The third kappa shape index (κ3) is 3.21. The summed E-state index contributed by atoms with van der Waals surface area (Å²) in [4.78, 5) is 9.05. The summed E-state index contributed by atoms with van der Waals surface area (Å²) in [7, 11) is 0. The zero-order valence-corrected chi connectivity index (χ0v) is 14.8. The van der Waals surface area contributed by atoms with Gasteiger partial charge in [-0.05, 0) is 38.1 Å². The van der Waals surface area contributed by atoms with Crippen LogP contribution in [0, 0.1) is 13.8 Å². The summed E-state index contributed by atoms with van der Waals surface area (Å²) in [5.74, 6) is 0.891. The molecule has 130 valence electrons. The highest BCUT2D eigenvalue weighted by Gasteiger charge is 2.14. The normalized spacial score (nSPS) is 10.8. The number of benzene rings is 1. The predicted molar refractivity (Wildman–Crippen MR) is 104 cm³/mol. The molecule has 0 bridgehead atoms. The molecule has 0 saturated carbocycles. The first-order valence-electron chi connectivity index (χ1n) is 8.53. The Morgan fingerprint density at radius 1 is 1.00 bits per heavy atom. The quantitative estimate of drug-likeness (QED) is 0.571. The van der Waals surface area contributed by atoms with E-state index in [1.54, 1.807) is 6.20 Å². The van der Waals surface area contributed by atoms with Crippen molar-refractivity contribution in [2.45, 2.75) is 20.4 Å². The maximum Gasteiger partial charge on any atom is 0.181 e. The van der Waals surface area contributed by atoms with Crippen molar-refractivity contribution in [3.63, 3.8) is 0 Å². The number of pyridine rings is 1. The average Bonchev–Trinajstić information content (AvgIpc) is 2.97. The number of para-hydroxylation sites is 1. The number of hydrogen-bond donors (Lipinski definition) is 2. The second kappa shape index (κ2) is 6.84. The van der Waals surface area contributed by atoms with Crippen molar-refractivity contribution in [1.82, 2.24) is 19.6 Å². The van der Waals surface area contributed by atoms with E-state index >= 15 is 0 Å². The molecule has 0 aliphatic rings. The summed E-state index contributed by atoms with van der Waals surface area (Å²) in [6.07, 6.45) is 1.80. The third-order valence-electron chi connectivity index (χ3n) is 4.11. The second-order valence-corrected chi connectivity index (χ2v) is 6.14. The van der Waals surface area contributed by atoms with Crippen LogP contribution in [0.1, 0.15) is 17.1 Å². The first-order chi connectivity index (χ1) is 12.7. The number of rotatable bonds is 5. The van der Waals surface area contributed by atoms with Gasteiger partial charge in [0.25, 0.3) is 0 Å². The van der Waals surface area contributed by atoms with Crippen LogP contribution >= 0.6 is 0 Å². The van der Waals surface area contributed by atoms with Gasteiger partial charge in [0.05, 0.1) is 17.9 Å². The number of fused-ring (bicyclic) bond motifs is 1. The molecule has 0 spiro atoms. The highest BCUT2D eigenvalue weighted by atomic mass is 15.3. The van der Waals surface area contributed by atoms with Crippen molar-refractivity contribution in [2.24, 2.45) is 0 Å². The van der Waals surface area contributed by atoms with Gasteiger partial charge >= 0.3 is 0 Å². The van der Waals surface area contributed by atoms with E-state index in [2.05, 4.69) is 20.7 Å². The standard InChI is InChI=1S/C20H20N6/c1-14-12-18(22-13-17-10-6-7-11-21-17)26-20(23-14)19(15(2)25-26)24-16-8-4-3-5-9-16/h3-12,22,24H,13H2,1-2H3. The van der Waals surface area contributed by atoms with Gasteiger partial charge in [0.15, 0.2) is 5.65 Å². The van der Waals surface area contributed by atoms with Gasteiger partial charge < -0.3 is 10.6 Å². The van der Waals surface area contributed by atoms with Gasteiger partial charge in [-0.15, -0.1) is 0 Å². The van der Waals surface area contributed by atoms with Crippen LogP contribution in [0.3, 0.4) is 0 Å². The average molecular weight is 344 g/mol. The van der Waals surface area contributed by atoms with Crippen molar-refractivity contribution < 1.29 is 0 Å². The summed E-state index contributed by atoms with van der Waals surface area (Å²) in [6.45, 7) is 4.60. The van der Waals surface area contributed by atoms with E-state index in [9.17, 15) is 0 Å². The van der Waals surface area contributed by atoms with E-state index in [1.165, 1.54) is 0 Å². The van der Waals surface area contributed by atoms with Crippen molar-refractivity contribution in [2.75, 3.05) is 10.6 Å². The van der Waals surface area contributed by atoms with Crippen LogP contribution in [0.5, 0.6) is 0 Å². The van der Waals surface area contributed by atoms with Gasteiger partial charge in [0, 0.05) is 23.6 Å². The van der Waals surface area contributed by atoms with Gasteiger partial charge in [-0.2, -0.15) is 9.61 Å². The molecule has 3 aromatic heterocycles. The maximum atomic E-state index is 4.69. The molecule has 4 rings (SSSR count). The number of nitrogens with zero attached hydrogens (tertiary/aromatic N) is 4. The molecule has 0 aliphatic heterocycles. The van der Waals surface area contributed by atoms with E-state index in [0.29, 0.717) is 6.54 Å². The number of hydrogen-bond acceptors (Lipinski definition) is 5. The molecule has 4 aromatic rings. The molecule has 26 heavy (non-hydrogen) atoms. The lowest BCUT2D eigenvalue weighted by atomic mass is 10.3. The number of nitrogens with one attached hydrogen (secondary N) is 2. The van der Waals surface area contributed by atoms with Gasteiger partial charge in [-0.25, -0.2) is 4.98 Å². The van der Waals surface area contributed by atoms with E-state index < -0.39 is 0 Å². The summed E-state index contributed by atoms with van der Waals surface area (Å²) < 4.78 is 1.84. The Balaban J connectivity index is 1.70. The first kappa shape index (κ1) is 16.1. The van der Waals surface area contributed by atoms with Gasteiger partial charge in [-0.3, -0.25) is 4.98 Å². The number of aromatic nitrogens is 4. The van der Waals surface area contributed by atoms with Crippen LogP contribution in [0.4, 0.5) is 17.2 Å². The smallest absolute Gasteiger partial charge is 0.181 e. The van der Waals surface area contributed by atoms with Crippen molar-refractivity contribution in [1.29, 1.82) is 0 Å². The molecular weight excluding hydrogens is 324 g/mol. The third-order valence-corrected chi connectivity index (χ3v) is 4.11. The summed E-state index contributed by atoms with van der Waals surface area (Å²) >= 11 is 0. The topological polar surface area (TPSA) is 67.1 Å². The minimum absolute atomic E-state index is 0.625. The Morgan fingerprint density at radius 2 is 1.81 bits per heavy atom. The number of aryl methyl sites for hydroxylation is 2. The van der Waals surface area contributed by atoms with E-state index in [4.69, 9.17) is 4.98 Å². The van der Waals surface area contributed by atoms with Crippen LogP contribution in [0.25, 0.3) is 5.65 Å². The van der Waals surface area contributed by atoms with Crippen molar-refractivity contribution >= 4 is 22.8 Å². The fraction of sp³-hybridized carbons (Fsp3) is 0.150. The molecule has 0 amide bonds.